The van der Waals surface area contributed by atoms with E-state index in [-0.39, 0.29) is 16.5 Å². The number of carboxylic acid groups (broad SMARTS) is 2. The van der Waals surface area contributed by atoms with Crippen molar-refractivity contribution in [2.45, 2.75) is 25.4 Å². The molecule has 0 saturated carbocycles. The van der Waals surface area contributed by atoms with Crippen molar-refractivity contribution >= 4 is 45.0 Å². The normalized spacial score (nSPS) is 19.5. The number of amides is 1. The van der Waals surface area contributed by atoms with Gasteiger partial charge in [-0.15, -0.1) is 11.3 Å². The van der Waals surface area contributed by atoms with Gasteiger partial charge in [0.1, 0.15) is 5.00 Å². The van der Waals surface area contributed by atoms with E-state index < -0.39 is 17.8 Å². The molecule has 3 aromatic rings. The van der Waals surface area contributed by atoms with Gasteiger partial charge in [-0.05, 0) is 39.9 Å². The number of hydrogen-bond acceptors (Lipinski definition) is 5. The van der Waals surface area contributed by atoms with Crippen molar-refractivity contribution in [3.8, 4) is 0 Å². The molecule has 2 atom stereocenters. The van der Waals surface area contributed by atoms with Crippen LogP contribution in [0.2, 0.25) is 0 Å². The van der Waals surface area contributed by atoms with Crippen molar-refractivity contribution in [3.63, 3.8) is 0 Å². The molecule has 3 heterocycles. The van der Waals surface area contributed by atoms with Crippen LogP contribution in [-0.2, 0) is 29.1 Å². The van der Waals surface area contributed by atoms with Crippen molar-refractivity contribution in [3.05, 3.63) is 63.5 Å². The highest BCUT2D eigenvalue weighted by Gasteiger charge is 2.37. The van der Waals surface area contributed by atoms with Gasteiger partial charge in [0.05, 0.1) is 5.56 Å². The quantitative estimate of drug-likeness (QED) is 0.547. The van der Waals surface area contributed by atoms with Crippen LogP contribution in [0.5, 0.6) is 0 Å². The van der Waals surface area contributed by atoms with Crippen molar-refractivity contribution in [2.24, 2.45) is 0 Å². The number of carboxylic acids is 2. The Morgan fingerprint density at radius 3 is 2.40 bits per heavy atom. The fourth-order valence-corrected chi connectivity index (χ4v) is 5.95. The van der Waals surface area contributed by atoms with Gasteiger partial charge in [0.25, 0.3) is 0 Å². The number of aliphatic carboxylic acids is 1. The molecule has 0 aliphatic carbocycles. The topological polar surface area (TPSA) is 107 Å². The maximum atomic E-state index is 12.1. The Hall–Kier alpha value is -3.23. The molecule has 2 aliphatic heterocycles. The lowest BCUT2D eigenvalue weighted by molar-refractivity contribution is -0.147. The molecule has 0 spiro atoms. The largest absolute Gasteiger partial charge is 0.478 e. The lowest BCUT2D eigenvalue weighted by Gasteiger charge is -2.30. The van der Waals surface area contributed by atoms with E-state index in [0.717, 1.165) is 28.9 Å². The Morgan fingerprint density at radius 1 is 1.03 bits per heavy atom. The summed E-state index contributed by atoms with van der Waals surface area (Å²) in [7, 11) is 0. The maximum Gasteiger partial charge on any atom is 0.394 e. The number of carbonyl (C=O) groups excluding carboxylic acids is 1. The highest BCUT2D eigenvalue weighted by molar-refractivity contribution is 7.17. The number of benzene rings is 2. The number of nitrogens with zero attached hydrogens (tertiary/aromatic N) is 1. The van der Waals surface area contributed by atoms with Crippen LogP contribution in [0.3, 0.4) is 0 Å². The molecule has 2 bridgehead atoms. The molecule has 0 radical (unpaired) electrons. The Kier molecular flexibility index (Phi) is 4.34. The van der Waals surface area contributed by atoms with Crippen molar-refractivity contribution in [1.29, 1.82) is 0 Å². The average Bonchev–Trinajstić information content (AvgIpc) is 2.99. The fourth-order valence-electron chi connectivity index (χ4n) is 4.63. The third kappa shape index (κ3) is 3.05. The summed E-state index contributed by atoms with van der Waals surface area (Å²) < 4.78 is 0. The maximum absolute atomic E-state index is 12.1. The highest BCUT2D eigenvalue weighted by Crippen LogP contribution is 2.45. The smallest absolute Gasteiger partial charge is 0.394 e. The first-order valence-electron chi connectivity index (χ1n) is 9.56. The molecule has 2 unspecified atom stereocenters. The van der Waals surface area contributed by atoms with Gasteiger partial charge in [0.2, 0.25) is 0 Å². The molecule has 2 aliphatic rings. The van der Waals surface area contributed by atoms with E-state index in [1.54, 1.807) is 0 Å². The van der Waals surface area contributed by atoms with Crippen molar-refractivity contribution in [1.82, 2.24) is 4.90 Å². The molecule has 152 valence electrons. The van der Waals surface area contributed by atoms with Gasteiger partial charge >= 0.3 is 17.8 Å². The molecule has 7 nitrogen and oxygen atoms in total. The minimum Gasteiger partial charge on any atom is -0.478 e. The summed E-state index contributed by atoms with van der Waals surface area (Å²) in [5.41, 5.74) is 3.21. The SMILES string of the molecule is O=C(O)C(=O)Nc1sc2c(c1C(=O)O)C1Cc3cc4ccccc4cc3CN(C2)C1. The van der Waals surface area contributed by atoms with Crippen LogP contribution in [0.4, 0.5) is 5.00 Å². The van der Waals surface area contributed by atoms with Crippen LogP contribution in [0.15, 0.2) is 36.4 Å². The molecular formula is C22H18N2O5S. The molecule has 8 heteroatoms. The zero-order chi connectivity index (χ0) is 21.0. The molecular weight excluding hydrogens is 404 g/mol. The van der Waals surface area contributed by atoms with E-state index in [4.69, 9.17) is 5.11 Å². The molecule has 5 rings (SSSR count). The molecule has 2 aromatic carbocycles. The third-order valence-corrected chi connectivity index (χ3v) is 6.95. The Labute approximate surface area is 175 Å². The number of carbonyl (C=O) groups is 3. The van der Waals surface area contributed by atoms with Gasteiger partial charge in [-0.2, -0.15) is 0 Å². The summed E-state index contributed by atoms with van der Waals surface area (Å²) in [6.07, 6.45) is 0.701. The average molecular weight is 422 g/mol. The van der Waals surface area contributed by atoms with Gasteiger partial charge < -0.3 is 15.5 Å². The second-order valence-corrected chi connectivity index (χ2v) is 8.85. The van der Waals surface area contributed by atoms with E-state index >= 15 is 0 Å². The number of thiophene rings is 1. The second kappa shape index (κ2) is 6.93. The standard InChI is InChI=1S/C22H18N2O5S/c25-19(22(28)29)23-20-18(21(26)27)17-15-7-13-5-11-3-1-2-4-12(11)6-14(13)8-24(9-15)10-16(17)30-20/h1-6,15H,7-10H2,(H,23,25)(H,26,27)(H,28,29). The van der Waals surface area contributed by atoms with Gasteiger partial charge in [-0.25, -0.2) is 9.59 Å². The lowest BCUT2D eigenvalue weighted by Crippen LogP contribution is -2.31. The summed E-state index contributed by atoms with van der Waals surface area (Å²) in [5, 5.41) is 23.5. The van der Waals surface area contributed by atoms with Crippen LogP contribution >= 0.6 is 11.3 Å². The second-order valence-electron chi connectivity index (χ2n) is 7.75. The first-order chi connectivity index (χ1) is 14.4. The molecule has 0 fully saturated rings. The fraction of sp³-hybridized carbons (Fsp3) is 0.227. The summed E-state index contributed by atoms with van der Waals surface area (Å²) >= 11 is 1.17. The first-order valence-corrected chi connectivity index (χ1v) is 10.4. The minimum atomic E-state index is -1.64. The highest BCUT2D eigenvalue weighted by atomic mass is 32.1. The summed E-state index contributed by atoms with van der Waals surface area (Å²) in [6, 6.07) is 12.6. The number of rotatable bonds is 2. The number of aromatic carboxylic acids is 1. The number of anilines is 1. The molecule has 1 amide bonds. The van der Waals surface area contributed by atoms with Gasteiger partial charge in [0.15, 0.2) is 0 Å². The van der Waals surface area contributed by atoms with Crippen molar-refractivity contribution in [2.75, 3.05) is 11.9 Å². The van der Waals surface area contributed by atoms with E-state index in [0.29, 0.717) is 13.0 Å². The molecule has 1 aromatic heterocycles. The Bertz CT molecular complexity index is 1230. The zero-order valence-corrected chi connectivity index (χ0v) is 16.7. The zero-order valence-electron chi connectivity index (χ0n) is 15.8. The summed E-state index contributed by atoms with van der Waals surface area (Å²) in [6.45, 7) is 2.07. The van der Waals surface area contributed by atoms with Gasteiger partial charge in [0, 0.05) is 30.4 Å². The van der Waals surface area contributed by atoms with Crippen molar-refractivity contribution < 1.29 is 24.6 Å². The van der Waals surface area contributed by atoms with Gasteiger partial charge in [-0.3, -0.25) is 9.69 Å². The number of nitrogens with one attached hydrogen (secondary N) is 1. The predicted molar refractivity (Wildman–Crippen MR) is 112 cm³/mol. The number of fused-ring (bicyclic) bond motifs is 6. The monoisotopic (exact) mass is 422 g/mol. The Balaban J connectivity index is 1.60. The van der Waals surface area contributed by atoms with E-state index in [9.17, 15) is 19.5 Å². The summed E-state index contributed by atoms with van der Waals surface area (Å²) in [5.74, 6) is -4.05. The summed E-state index contributed by atoms with van der Waals surface area (Å²) in [4.78, 5) is 37.8. The Morgan fingerprint density at radius 2 is 1.73 bits per heavy atom. The third-order valence-electron chi connectivity index (χ3n) is 5.84. The van der Waals surface area contributed by atoms with E-state index in [1.807, 2.05) is 12.1 Å². The van der Waals surface area contributed by atoms with Crippen LogP contribution in [-0.4, -0.2) is 39.5 Å². The minimum absolute atomic E-state index is 0.0264. The molecule has 3 N–H and O–H groups in total. The van der Waals surface area contributed by atoms with E-state index in [1.165, 1.54) is 27.8 Å². The molecule has 30 heavy (non-hydrogen) atoms. The molecule has 0 saturated heterocycles. The number of hydrogen-bond donors (Lipinski definition) is 3. The van der Waals surface area contributed by atoms with Crippen LogP contribution in [0.1, 0.15) is 37.8 Å². The van der Waals surface area contributed by atoms with Crippen LogP contribution in [0.25, 0.3) is 10.8 Å². The first kappa shape index (κ1) is 18.8. The van der Waals surface area contributed by atoms with Crippen LogP contribution < -0.4 is 5.32 Å². The van der Waals surface area contributed by atoms with Crippen LogP contribution in [0, 0.1) is 0 Å². The predicted octanol–water partition coefficient (Wildman–Crippen LogP) is 3.28. The van der Waals surface area contributed by atoms with E-state index in [2.05, 4.69) is 34.5 Å². The van der Waals surface area contributed by atoms with Gasteiger partial charge in [-0.1, -0.05) is 30.3 Å². The lowest BCUT2D eigenvalue weighted by atomic mass is 9.86.